The Labute approximate surface area is 137 Å². The van der Waals surface area contributed by atoms with Crippen molar-refractivity contribution < 1.29 is 9.32 Å². The van der Waals surface area contributed by atoms with Crippen LogP contribution in [0.4, 0.5) is 0 Å². The fourth-order valence-corrected chi connectivity index (χ4v) is 2.90. The first kappa shape index (κ1) is 14.4. The molecule has 2 N–H and O–H groups in total. The molecule has 24 heavy (non-hydrogen) atoms. The number of aromatic amines is 1. The van der Waals surface area contributed by atoms with E-state index in [2.05, 4.69) is 20.4 Å². The van der Waals surface area contributed by atoms with E-state index in [1.165, 1.54) is 0 Å². The van der Waals surface area contributed by atoms with E-state index in [9.17, 15) is 4.79 Å². The van der Waals surface area contributed by atoms with E-state index < -0.39 is 0 Å². The quantitative estimate of drug-likeness (QED) is 0.607. The average Bonchev–Trinajstić information content (AvgIpc) is 3.15. The third-order valence-corrected chi connectivity index (χ3v) is 4.01. The molecule has 0 atom stereocenters. The molecule has 1 amide bonds. The average molecular weight is 320 g/mol. The maximum Gasteiger partial charge on any atom is 0.258 e. The van der Waals surface area contributed by atoms with Crippen LogP contribution in [-0.2, 0) is 6.54 Å². The normalized spacial score (nSPS) is 11.2. The first-order valence-electron chi connectivity index (χ1n) is 7.70. The zero-order valence-electron chi connectivity index (χ0n) is 13.4. The highest BCUT2D eigenvalue weighted by Gasteiger charge is 2.17. The van der Waals surface area contributed by atoms with Gasteiger partial charge in [-0.1, -0.05) is 23.4 Å². The van der Waals surface area contributed by atoms with Crippen LogP contribution in [0.25, 0.3) is 22.0 Å². The molecule has 0 bridgehead atoms. The Kier molecular flexibility index (Phi) is 3.30. The monoisotopic (exact) mass is 320 g/mol. The van der Waals surface area contributed by atoms with Crippen molar-refractivity contribution in [2.75, 3.05) is 0 Å². The minimum absolute atomic E-state index is 0.171. The molecule has 0 aliphatic carbocycles. The van der Waals surface area contributed by atoms with E-state index >= 15 is 0 Å². The topological polar surface area (TPSA) is 83.8 Å². The van der Waals surface area contributed by atoms with E-state index in [-0.39, 0.29) is 5.91 Å². The summed E-state index contributed by atoms with van der Waals surface area (Å²) in [4.78, 5) is 20.2. The Morgan fingerprint density at radius 3 is 2.92 bits per heavy atom. The van der Waals surface area contributed by atoms with Gasteiger partial charge in [0.1, 0.15) is 0 Å². The van der Waals surface area contributed by atoms with Crippen molar-refractivity contribution in [2.45, 2.75) is 20.4 Å². The van der Waals surface area contributed by atoms with E-state index in [4.69, 9.17) is 4.52 Å². The van der Waals surface area contributed by atoms with Crippen molar-refractivity contribution >= 4 is 27.9 Å². The highest BCUT2D eigenvalue weighted by Crippen LogP contribution is 2.22. The molecule has 0 unspecified atom stereocenters. The molecule has 3 aromatic heterocycles. The summed E-state index contributed by atoms with van der Waals surface area (Å²) in [6.45, 7) is 4.05. The molecule has 6 nitrogen and oxygen atoms in total. The number of carbonyl (C=O) groups excluding carboxylic acids is 1. The molecule has 0 aliphatic rings. The summed E-state index contributed by atoms with van der Waals surface area (Å²) in [5.41, 5.74) is 4.31. The molecule has 3 heterocycles. The molecule has 0 spiro atoms. The summed E-state index contributed by atoms with van der Waals surface area (Å²) in [6.07, 6.45) is 0. The van der Waals surface area contributed by atoms with Crippen LogP contribution in [0.1, 0.15) is 27.4 Å². The van der Waals surface area contributed by atoms with Gasteiger partial charge in [-0.25, -0.2) is 4.98 Å². The molecule has 4 rings (SSSR count). The number of hydrogen-bond acceptors (Lipinski definition) is 4. The SMILES string of the molecule is Cc1cc(C(=O)NCc2cc3ccccc3[nH]2)c2c(C)noc2n1. The van der Waals surface area contributed by atoms with Gasteiger partial charge in [-0.3, -0.25) is 4.79 Å². The Morgan fingerprint density at radius 2 is 2.08 bits per heavy atom. The van der Waals surface area contributed by atoms with Gasteiger partial charge >= 0.3 is 0 Å². The highest BCUT2D eigenvalue weighted by atomic mass is 16.5. The van der Waals surface area contributed by atoms with Gasteiger partial charge in [-0.05, 0) is 37.4 Å². The molecular weight excluding hydrogens is 304 g/mol. The van der Waals surface area contributed by atoms with Crippen LogP contribution in [0.15, 0.2) is 40.9 Å². The lowest BCUT2D eigenvalue weighted by Crippen LogP contribution is -2.23. The number of rotatable bonds is 3. The van der Waals surface area contributed by atoms with Gasteiger partial charge < -0.3 is 14.8 Å². The number of benzene rings is 1. The van der Waals surface area contributed by atoms with Crippen molar-refractivity contribution in [3.63, 3.8) is 0 Å². The predicted molar refractivity (Wildman–Crippen MR) is 90.7 cm³/mol. The van der Waals surface area contributed by atoms with Gasteiger partial charge in [-0.15, -0.1) is 0 Å². The first-order chi connectivity index (χ1) is 11.6. The minimum Gasteiger partial charge on any atom is -0.357 e. The summed E-state index contributed by atoms with van der Waals surface area (Å²) < 4.78 is 5.18. The van der Waals surface area contributed by atoms with Crippen LogP contribution in [0.3, 0.4) is 0 Å². The number of aromatic nitrogens is 3. The summed E-state index contributed by atoms with van der Waals surface area (Å²) in [5, 5.41) is 8.63. The van der Waals surface area contributed by atoms with Crippen LogP contribution in [-0.4, -0.2) is 21.0 Å². The highest BCUT2D eigenvalue weighted by molar-refractivity contribution is 6.06. The van der Waals surface area contributed by atoms with Crippen LogP contribution >= 0.6 is 0 Å². The van der Waals surface area contributed by atoms with E-state index in [1.807, 2.05) is 37.3 Å². The van der Waals surface area contributed by atoms with Crippen molar-refractivity contribution in [2.24, 2.45) is 0 Å². The largest absolute Gasteiger partial charge is 0.357 e. The molecule has 120 valence electrons. The van der Waals surface area contributed by atoms with Gasteiger partial charge in [-0.2, -0.15) is 0 Å². The second-order valence-electron chi connectivity index (χ2n) is 5.82. The molecule has 4 aromatic rings. The zero-order chi connectivity index (χ0) is 16.7. The lowest BCUT2D eigenvalue weighted by Gasteiger charge is -2.06. The maximum atomic E-state index is 12.6. The molecule has 0 aliphatic heterocycles. The Morgan fingerprint density at radius 1 is 1.25 bits per heavy atom. The van der Waals surface area contributed by atoms with Gasteiger partial charge in [0.25, 0.3) is 11.6 Å². The van der Waals surface area contributed by atoms with E-state index in [1.54, 1.807) is 13.0 Å². The number of nitrogens with zero attached hydrogens (tertiary/aromatic N) is 2. The molecule has 1 aromatic carbocycles. The maximum absolute atomic E-state index is 12.6. The number of pyridine rings is 1. The first-order valence-corrected chi connectivity index (χ1v) is 7.70. The Bertz CT molecular complexity index is 1030. The number of para-hydroxylation sites is 1. The number of H-pyrrole nitrogens is 1. The molecule has 0 saturated heterocycles. The second kappa shape index (κ2) is 5.49. The van der Waals surface area contributed by atoms with Crippen LogP contribution in [0, 0.1) is 13.8 Å². The van der Waals surface area contributed by atoms with Crippen molar-refractivity contribution in [1.29, 1.82) is 0 Å². The van der Waals surface area contributed by atoms with Gasteiger partial charge in [0.2, 0.25) is 0 Å². The number of fused-ring (bicyclic) bond motifs is 2. The molecule has 0 radical (unpaired) electrons. The number of hydrogen-bond donors (Lipinski definition) is 2. The number of amides is 1. The minimum atomic E-state index is -0.171. The second-order valence-corrected chi connectivity index (χ2v) is 5.82. The third-order valence-electron chi connectivity index (χ3n) is 4.01. The fourth-order valence-electron chi connectivity index (χ4n) is 2.90. The standard InChI is InChI=1S/C18H16N4O2/c1-10-7-14(16-11(2)22-24-18(16)20-10)17(23)19-9-13-8-12-5-3-4-6-15(12)21-13/h3-8,21H,9H2,1-2H3,(H,19,23). The van der Waals surface area contributed by atoms with Crippen LogP contribution in [0.2, 0.25) is 0 Å². The lowest BCUT2D eigenvalue weighted by atomic mass is 10.1. The molecular formula is C18H16N4O2. The van der Waals surface area contributed by atoms with Gasteiger partial charge in [0.05, 0.1) is 23.2 Å². The number of nitrogens with one attached hydrogen (secondary N) is 2. The Balaban J connectivity index is 1.61. The third kappa shape index (κ3) is 2.42. The van der Waals surface area contributed by atoms with Crippen molar-refractivity contribution in [1.82, 2.24) is 20.4 Å². The lowest BCUT2D eigenvalue weighted by molar-refractivity contribution is 0.0952. The van der Waals surface area contributed by atoms with Crippen LogP contribution < -0.4 is 5.32 Å². The van der Waals surface area contributed by atoms with Crippen LogP contribution in [0.5, 0.6) is 0 Å². The summed E-state index contributed by atoms with van der Waals surface area (Å²) >= 11 is 0. The van der Waals surface area contributed by atoms with E-state index in [0.29, 0.717) is 28.9 Å². The van der Waals surface area contributed by atoms with Crippen molar-refractivity contribution in [3.8, 4) is 0 Å². The summed E-state index contributed by atoms with van der Waals surface area (Å²) in [7, 11) is 0. The summed E-state index contributed by atoms with van der Waals surface area (Å²) in [6, 6.07) is 11.8. The predicted octanol–water partition coefficient (Wildman–Crippen LogP) is 3.25. The number of carbonyl (C=O) groups is 1. The van der Waals surface area contributed by atoms with E-state index in [0.717, 1.165) is 22.3 Å². The molecule has 6 heteroatoms. The molecule has 0 saturated carbocycles. The fraction of sp³-hybridized carbons (Fsp3) is 0.167. The summed E-state index contributed by atoms with van der Waals surface area (Å²) in [5.74, 6) is -0.171. The van der Waals surface area contributed by atoms with Crippen molar-refractivity contribution in [3.05, 3.63) is 59.0 Å². The number of aryl methyl sites for hydroxylation is 2. The smallest absolute Gasteiger partial charge is 0.258 e. The van der Waals surface area contributed by atoms with Gasteiger partial charge in [0.15, 0.2) is 0 Å². The molecule has 0 fully saturated rings. The zero-order valence-corrected chi connectivity index (χ0v) is 13.4. The van der Waals surface area contributed by atoms with Gasteiger partial charge in [0, 0.05) is 16.9 Å². The Hall–Kier alpha value is -3.15.